The van der Waals surface area contributed by atoms with E-state index < -0.39 is 11.8 Å². The lowest BCUT2D eigenvalue weighted by Crippen LogP contribution is -2.45. The highest BCUT2D eigenvalue weighted by Gasteiger charge is 2.08. The van der Waals surface area contributed by atoms with Gasteiger partial charge in [0, 0.05) is 5.39 Å². The first kappa shape index (κ1) is 18.3. The van der Waals surface area contributed by atoms with Crippen LogP contribution in [0.1, 0.15) is 5.56 Å². The van der Waals surface area contributed by atoms with Gasteiger partial charge in [0.25, 0.3) is 11.8 Å². The van der Waals surface area contributed by atoms with Gasteiger partial charge < -0.3 is 9.47 Å². The first-order valence-electron chi connectivity index (χ1n) is 8.50. The van der Waals surface area contributed by atoms with Crippen molar-refractivity contribution in [3.8, 4) is 11.5 Å². The fourth-order valence-corrected chi connectivity index (χ4v) is 2.54. The van der Waals surface area contributed by atoms with Crippen LogP contribution >= 0.6 is 0 Å². The van der Waals surface area contributed by atoms with Gasteiger partial charge in [0.05, 0.1) is 0 Å². The second kappa shape index (κ2) is 8.71. The van der Waals surface area contributed by atoms with E-state index in [4.69, 9.17) is 9.47 Å². The smallest absolute Gasteiger partial charge is 0.276 e. The van der Waals surface area contributed by atoms with Crippen LogP contribution in [0.15, 0.2) is 66.7 Å². The molecule has 3 aromatic carbocycles. The lowest BCUT2D eigenvalue weighted by Gasteiger charge is -2.11. The van der Waals surface area contributed by atoms with Gasteiger partial charge >= 0.3 is 0 Å². The summed E-state index contributed by atoms with van der Waals surface area (Å²) in [6.07, 6.45) is 0. The van der Waals surface area contributed by atoms with Crippen LogP contribution in [0.2, 0.25) is 0 Å². The Kier molecular flexibility index (Phi) is 5.89. The predicted molar refractivity (Wildman–Crippen MR) is 102 cm³/mol. The summed E-state index contributed by atoms with van der Waals surface area (Å²) in [6.45, 7) is 1.47. The fraction of sp³-hybridized carbons (Fsp3) is 0.143. The van der Waals surface area contributed by atoms with Crippen LogP contribution in [0, 0.1) is 6.92 Å². The first-order valence-corrected chi connectivity index (χ1v) is 8.50. The summed E-state index contributed by atoms with van der Waals surface area (Å²) in [5, 5.41) is 1.94. The number of hydrazine groups is 1. The lowest BCUT2D eigenvalue weighted by atomic mass is 10.1. The molecular weight excluding hydrogens is 344 g/mol. The Bertz CT molecular complexity index is 950. The maximum Gasteiger partial charge on any atom is 0.276 e. The number of benzene rings is 3. The van der Waals surface area contributed by atoms with Crippen molar-refractivity contribution < 1.29 is 19.1 Å². The van der Waals surface area contributed by atoms with Crippen molar-refractivity contribution in [2.75, 3.05) is 13.2 Å². The molecule has 2 N–H and O–H groups in total. The zero-order chi connectivity index (χ0) is 19.1. The van der Waals surface area contributed by atoms with E-state index >= 15 is 0 Å². The quantitative estimate of drug-likeness (QED) is 0.660. The Hall–Kier alpha value is -3.54. The third kappa shape index (κ3) is 4.98. The number of hydrogen-bond donors (Lipinski definition) is 2. The summed E-state index contributed by atoms with van der Waals surface area (Å²) in [5.74, 6) is 0.305. The average Bonchev–Trinajstić information content (AvgIpc) is 2.70. The van der Waals surface area contributed by atoms with E-state index in [9.17, 15) is 9.59 Å². The number of carbonyl (C=O) groups is 2. The fourth-order valence-electron chi connectivity index (χ4n) is 2.54. The zero-order valence-electron chi connectivity index (χ0n) is 14.9. The van der Waals surface area contributed by atoms with Crippen molar-refractivity contribution in [1.82, 2.24) is 10.9 Å². The molecule has 0 unspecified atom stereocenters. The Morgan fingerprint density at radius 3 is 2.04 bits per heavy atom. The molecule has 6 heteroatoms. The number of hydrogen-bond acceptors (Lipinski definition) is 4. The predicted octanol–water partition coefficient (Wildman–Crippen LogP) is 2.75. The van der Waals surface area contributed by atoms with Crippen molar-refractivity contribution in [3.63, 3.8) is 0 Å². The summed E-state index contributed by atoms with van der Waals surface area (Å²) in [4.78, 5) is 23.7. The van der Waals surface area contributed by atoms with Crippen molar-refractivity contribution >= 4 is 22.6 Å². The van der Waals surface area contributed by atoms with Gasteiger partial charge in [-0.3, -0.25) is 20.4 Å². The maximum absolute atomic E-state index is 11.9. The summed E-state index contributed by atoms with van der Waals surface area (Å²) in [7, 11) is 0. The Morgan fingerprint density at radius 1 is 0.741 bits per heavy atom. The van der Waals surface area contributed by atoms with E-state index in [0.29, 0.717) is 11.5 Å². The van der Waals surface area contributed by atoms with Crippen LogP contribution in [-0.4, -0.2) is 25.0 Å². The SMILES string of the molecule is Cc1ccccc1OCC(=O)NNC(=O)COc1cccc2ccccc12. The molecule has 0 radical (unpaired) electrons. The number of amides is 2. The van der Waals surface area contributed by atoms with Gasteiger partial charge in [-0.2, -0.15) is 0 Å². The van der Waals surface area contributed by atoms with Gasteiger partial charge in [0.2, 0.25) is 0 Å². The number of ether oxygens (including phenoxy) is 2. The molecule has 0 saturated heterocycles. The van der Waals surface area contributed by atoms with E-state index in [1.165, 1.54) is 0 Å². The van der Waals surface area contributed by atoms with Crippen molar-refractivity contribution in [2.24, 2.45) is 0 Å². The van der Waals surface area contributed by atoms with Gasteiger partial charge in [0.1, 0.15) is 11.5 Å². The number of carbonyl (C=O) groups excluding carboxylic acids is 2. The van der Waals surface area contributed by atoms with Crippen LogP contribution in [0.4, 0.5) is 0 Å². The summed E-state index contributed by atoms with van der Waals surface area (Å²) >= 11 is 0. The molecule has 0 aliphatic rings. The van der Waals surface area contributed by atoms with Crippen molar-refractivity contribution in [2.45, 2.75) is 6.92 Å². The number of fused-ring (bicyclic) bond motifs is 1. The van der Waals surface area contributed by atoms with E-state index in [2.05, 4.69) is 10.9 Å². The molecule has 0 spiro atoms. The number of para-hydroxylation sites is 1. The minimum Gasteiger partial charge on any atom is -0.483 e. The molecule has 0 saturated carbocycles. The lowest BCUT2D eigenvalue weighted by molar-refractivity contribution is -0.130. The molecule has 0 aliphatic carbocycles. The van der Waals surface area contributed by atoms with Gasteiger partial charge in [0.15, 0.2) is 13.2 Å². The van der Waals surface area contributed by atoms with E-state index in [1.807, 2.05) is 61.5 Å². The molecule has 0 heterocycles. The van der Waals surface area contributed by atoms with Crippen molar-refractivity contribution in [3.05, 3.63) is 72.3 Å². The third-order valence-electron chi connectivity index (χ3n) is 3.90. The molecule has 0 bridgehead atoms. The molecule has 3 aromatic rings. The maximum atomic E-state index is 11.9. The average molecular weight is 364 g/mol. The number of aryl methyl sites for hydroxylation is 1. The number of nitrogens with one attached hydrogen (secondary N) is 2. The summed E-state index contributed by atoms with van der Waals surface area (Å²) in [5.41, 5.74) is 5.54. The second-order valence-corrected chi connectivity index (χ2v) is 5.92. The molecule has 0 aliphatic heterocycles. The Labute approximate surface area is 157 Å². The molecular formula is C21H20N2O4. The highest BCUT2D eigenvalue weighted by molar-refractivity contribution is 5.89. The van der Waals surface area contributed by atoms with Crippen LogP contribution in [-0.2, 0) is 9.59 Å². The van der Waals surface area contributed by atoms with Crippen LogP contribution < -0.4 is 20.3 Å². The standard InChI is InChI=1S/C21H20N2O4/c1-15-7-2-5-11-18(15)26-13-20(24)22-23-21(25)14-27-19-12-6-9-16-8-3-4-10-17(16)19/h2-12H,13-14H2,1H3,(H,22,24)(H,23,25). The molecule has 3 rings (SSSR count). The van der Waals surface area contributed by atoms with Crippen molar-refractivity contribution in [1.29, 1.82) is 0 Å². The highest BCUT2D eigenvalue weighted by Crippen LogP contribution is 2.24. The topological polar surface area (TPSA) is 76.7 Å². The minimum atomic E-state index is -0.466. The number of rotatable bonds is 6. The van der Waals surface area contributed by atoms with Crippen LogP contribution in [0.5, 0.6) is 11.5 Å². The molecule has 0 atom stereocenters. The van der Waals surface area contributed by atoms with E-state index in [-0.39, 0.29) is 13.2 Å². The van der Waals surface area contributed by atoms with Crippen LogP contribution in [0.3, 0.4) is 0 Å². The van der Waals surface area contributed by atoms with Gasteiger partial charge in [-0.05, 0) is 30.0 Å². The minimum absolute atomic E-state index is 0.199. The van der Waals surface area contributed by atoms with Gasteiger partial charge in [-0.15, -0.1) is 0 Å². The molecule has 0 fully saturated rings. The molecule has 27 heavy (non-hydrogen) atoms. The normalized spacial score (nSPS) is 10.3. The zero-order valence-corrected chi connectivity index (χ0v) is 14.9. The molecule has 6 nitrogen and oxygen atoms in total. The largest absolute Gasteiger partial charge is 0.483 e. The second-order valence-electron chi connectivity index (χ2n) is 5.92. The molecule has 2 amide bonds. The van der Waals surface area contributed by atoms with E-state index in [1.54, 1.807) is 12.1 Å². The van der Waals surface area contributed by atoms with Crippen LogP contribution in [0.25, 0.3) is 10.8 Å². The Balaban J connectivity index is 1.44. The van der Waals surface area contributed by atoms with Gasteiger partial charge in [-0.25, -0.2) is 0 Å². The summed E-state index contributed by atoms with van der Waals surface area (Å²) in [6, 6.07) is 20.7. The first-order chi connectivity index (χ1) is 13.1. The van der Waals surface area contributed by atoms with E-state index in [0.717, 1.165) is 16.3 Å². The highest BCUT2D eigenvalue weighted by atomic mass is 16.5. The summed E-state index contributed by atoms with van der Waals surface area (Å²) < 4.78 is 11.0. The molecule has 138 valence electrons. The Morgan fingerprint density at radius 2 is 1.30 bits per heavy atom. The van der Waals surface area contributed by atoms with Gasteiger partial charge in [-0.1, -0.05) is 54.6 Å². The third-order valence-corrected chi connectivity index (χ3v) is 3.90. The monoisotopic (exact) mass is 364 g/mol. The molecule has 0 aromatic heterocycles.